The van der Waals surface area contributed by atoms with E-state index in [0.29, 0.717) is 17.7 Å². The highest BCUT2D eigenvalue weighted by atomic mass is 35.5. The summed E-state index contributed by atoms with van der Waals surface area (Å²) in [6.07, 6.45) is 3.84. The number of anilines is 1. The highest BCUT2D eigenvalue weighted by Crippen LogP contribution is 2.23. The predicted molar refractivity (Wildman–Crippen MR) is 61.3 cm³/mol. The van der Waals surface area contributed by atoms with Crippen LogP contribution in [-0.2, 0) is 0 Å². The first-order chi connectivity index (χ1) is 7.29. The lowest BCUT2D eigenvalue weighted by molar-refractivity contribution is 0.203. The first kappa shape index (κ1) is 10.7. The van der Waals surface area contributed by atoms with Crippen molar-refractivity contribution in [3.8, 4) is 0 Å². The number of nitrogens with zero attached hydrogens (tertiary/aromatic N) is 2. The molecule has 0 amide bonds. The molecule has 1 saturated heterocycles. The van der Waals surface area contributed by atoms with E-state index in [1.807, 2.05) is 12.1 Å². The molecular formula is C11H15ClN2O. The molecule has 1 aromatic rings. The van der Waals surface area contributed by atoms with Crippen molar-refractivity contribution in [2.24, 2.45) is 5.92 Å². The third kappa shape index (κ3) is 2.61. The highest BCUT2D eigenvalue weighted by molar-refractivity contribution is 6.29. The molecule has 0 spiro atoms. The van der Waals surface area contributed by atoms with Crippen LogP contribution >= 0.6 is 11.6 Å². The Morgan fingerprint density at radius 2 is 2.20 bits per heavy atom. The van der Waals surface area contributed by atoms with Crippen molar-refractivity contribution >= 4 is 17.3 Å². The summed E-state index contributed by atoms with van der Waals surface area (Å²) in [6, 6.07) is 3.87. The van der Waals surface area contributed by atoms with Gasteiger partial charge in [0.1, 0.15) is 5.15 Å². The summed E-state index contributed by atoms with van der Waals surface area (Å²) in [6.45, 7) is 2.29. The molecule has 3 nitrogen and oxygen atoms in total. The predicted octanol–water partition coefficient (Wildman–Crippen LogP) is 1.94. The minimum Gasteiger partial charge on any atom is -0.396 e. The molecule has 0 unspecified atom stereocenters. The van der Waals surface area contributed by atoms with Crippen LogP contribution in [0.2, 0.25) is 5.15 Å². The lowest BCUT2D eigenvalue weighted by Gasteiger charge is -2.32. The van der Waals surface area contributed by atoms with Crippen LogP contribution in [-0.4, -0.2) is 29.8 Å². The van der Waals surface area contributed by atoms with Gasteiger partial charge in [-0.3, -0.25) is 0 Å². The van der Waals surface area contributed by atoms with Gasteiger partial charge in [-0.25, -0.2) is 4.98 Å². The quantitative estimate of drug-likeness (QED) is 0.784. The van der Waals surface area contributed by atoms with Gasteiger partial charge in [0, 0.05) is 31.6 Å². The van der Waals surface area contributed by atoms with Gasteiger partial charge in [0.15, 0.2) is 0 Å². The minimum atomic E-state index is 0.310. The molecule has 1 aliphatic rings. The normalized spacial score (nSPS) is 18.1. The molecule has 15 heavy (non-hydrogen) atoms. The zero-order chi connectivity index (χ0) is 10.7. The van der Waals surface area contributed by atoms with E-state index in [4.69, 9.17) is 16.7 Å². The van der Waals surface area contributed by atoms with Crippen LogP contribution in [0.1, 0.15) is 12.8 Å². The van der Waals surface area contributed by atoms with Crippen LogP contribution < -0.4 is 4.90 Å². The Morgan fingerprint density at radius 1 is 1.47 bits per heavy atom. The number of hydrogen-bond donors (Lipinski definition) is 1. The Bertz CT molecular complexity index is 324. The summed E-state index contributed by atoms with van der Waals surface area (Å²) in [7, 11) is 0. The van der Waals surface area contributed by atoms with Crippen molar-refractivity contribution in [1.82, 2.24) is 4.98 Å². The summed E-state index contributed by atoms with van der Waals surface area (Å²) in [4.78, 5) is 6.26. The van der Waals surface area contributed by atoms with Crippen LogP contribution in [0.15, 0.2) is 18.3 Å². The number of rotatable bonds is 2. The van der Waals surface area contributed by atoms with Gasteiger partial charge >= 0.3 is 0 Å². The molecule has 0 radical (unpaired) electrons. The molecule has 1 fully saturated rings. The first-order valence-electron chi connectivity index (χ1n) is 5.27. The second-order valence-corrected chi connectivity index (χ2v) is 4.34. The largest absolute Gasteiger partial charge is 0.396 e. The second-order valence-electron chi connectivity index (χ2n) is 3.95. The zero-order valence-corrected chi connectivity index (χ0v) is 9.32. The molecule has 1 aromatic heterocycles. The minimum absolute atomic E-state index is 0.310. The van der Waals surface area contributed by atoms with Gasteiger partial charge in [0.2, 0.25) is 0 Å². The summed E-state index contributed by atoms with van der Waals surface area (Å²) < 4.78 is 0. The van der Waals surface area contributed by atoms with Gasteiger partial charge in [-0.15, -0.1) is 0 Å². The van der Waals surface area contributed by atoms with E-state index in [0.717, 1.165) is 31.6 Å². The fraction of sp³-hybridized carbons (Fsp3) is 0.545. The third-order valence-corrected chi connectivity index (χ3v) is 3.15. The maximum absolute atomic E-state index is 9.04. The fourth-order valence-corrected chi connectivity index (χ4v) is 2.13. The number of aliphatic hydroxyl groups excluding tert-OH is 1. The van der Waals surface area contributed by atoms with Crippen LogP contribution in [0, 0.1) is 5.92 Å². The van der Waals surface area contributed by atoms with Gasteiger partial charge in [0.05, 0.1) is 0 Å². The molecule has 0 saturated carbocycles. The van der Waals surface area contributed by atoms with Crippen LogP contribution in [0.4, 0.5) is 5.69 Å². The average molecular weight is 227 g/mol. The van der Waals surface area contributed by atoms with Crippen molar-refractivity contribution in [3.05, 3.63) is 23.5 Å². The van der Waals surface area contributed by atoms with Crippen molar-refractivity contribution in [2.45, 2.75) is 12.8 Å². The lowest BCUT2D eigenvalue weighted by Crippen LogP contribution is -2.34. The van der Waals surface area contributed by atoms with Gasteiger partial charge < -0.3 is 10.0 Å². The number of hydrogen-bond acceptors (Lipinski definition) is 3. The van der Waals surface area contributed by atoms with E-state index >= 15 is 0 Å². The molecule has 0 bridgehead atoms. The van der Waals surface area contributed by atoms with E-state index < -0.39 is 0 Å². The molecule has 4 heteroatoms. The Balaban J connectivity index is 2.01. The monoisotopic (exact) mass is 226 g/mol. The molecule has 2 rings (SSSR count). The van der Waals surface area contributed by atoms with E-state index in [1.54, 1.807) is 6.20 Å². The SMILES string of the molecule is OCC1CCN(c2ccnc(Cl)c2)CC1. The van der Waals surface area contributed by atoms with Crippen LogP contribution in [0.3, 0.4) is 0 Å². The number of piperidine rings is 1. The second kappa shape index (κ2) is 4.81. The van der Waals surface area contributed by atoms with E-state index in [-0.39, 0.29) is 0 Å². The van der Waals surface area contributed by atoms with Crippen molar-refractivity contribution in [3.63, 3.8) is 0 Å². The molecule has 1 N–H and O–H groups in total. The standard InChI is InChI=1S/C11H15ClN2O/c12-11-7-10(1-4-13-11)14-5-2-9(8-15)3-6-14/h1,4,7,9,15H,2-3,5-6,8H2. The van der Waals surface area contributed by atoms with Gasteiger partial charge in [-0.1, -0.05) is 11.6 Å². The fourth-order valence-electron chi connectivity index (χ4n) is 1.96. The molecule has 0 aliphatic carbocycles. The number of pyridine rings is 1. The third-order valence-electron chi connectivity index (χ3n) is 2.95. The smallest absolute Gasteiger partial charge is 0.131 e. The van der Waals surface area contributed by atoms with Crippen molar-refractivity contribution in [1.29, 1.82) is 0 Å². The molecule has 1 aliphatic heterocycles. The van der Waals surface area contributed by atoms with Crippen LogP contribution in [0.5, 0.6) is 0 Å². The zero-order valence-electron chi connectivity index (χ0n) is 8.56. The Kier molecular flexibility index (Phi) is 3.44. The Hall–Kier alpha value is -0.800. The summed E-state index contributed by atoms with van der Waals surface area (Å²) >= 11 is 5.84. The maximum atomic E-state index is 9.04. The van der Waals surface area contributed by atoms with E-state index in [9.17, 15) is 0 Å². The van der Waals surface area contributed by atoms with E-state index in [2.05, 4.69) is 9.88 Å². The summed E-state index contributed by atoms with van der Waals surface area (Å²) in [5.74, 6) is 0.471. The number of aliphatic hydroxyl groups is 1. The molecule has 82 valence electrons. The Labute approximate surface area is 94.7 Å². The molecule has 2 heterocycles. The maximum Gasteiger partial charge on any atom is 0.131 e. The highest BCUT2D eigenvalue weighted by Gasteiger charge is 2.18. The molecular weight excluding hydrogens is 212 g/mol. The molecule has 0 atom stereocenters. The Morgan fingerprint density at radius 3 is 2.80 bits per heavy atom. The first-order valence-corrected chi connectivity index (χ1v) is 5.65. The molecule has 0 aromatic carbocycles. The lowest BCUT2D eigenvalue weighted by atomic mass is 9.97. The van der Waals surface area contributed by atoms with Gasteiger partial charge in [-0.05, 0) is 30.9 Å². The van der Waals surface area contributed by atoms with Crippen molar-refractivity contribution in [2.75, 3.05) is 24.6 Å². The van der Waals surface area contributed by atoms with E-state index in [1.165, 1.54) is 0 Å². The van der Waals surface area contributed by atoms with Crippen molar-refractivity contribution < 1.29 is 5.11 Å². The number of halogens is 1. The van der Waals surface area contributed by atoms with Crippen LogP contribution in [0.25, 0.3) is 0 Å². The van der Waals surface area contributed by atoms with Gasteiger partial charge in [-0.2, -0.15) is 0 Å². The topological polar surface area (TPSA) is 36.4 Å². The summed E-state index contributed by atoms with van der Waals surface area (Å²) in [5, 5.41) is 9.58. The summed E-state index contributed by atoms with van der Waals surface area (Å²) in [5.41, 5.74) is 1.13. The number of aromatic nitrogens is 1. The average Bonchev–Trinajstić information content (AvgIpc) is 2.29. The van der Waals surface area contributed by atoms with Gasteiger partial charge in [0.25, 0.3) is 0 Å².